The topological polar surface area (TPSA) is 26.3 Å². The number of carbonyl (C=O) groups is 1. The number of alkyl halides is 4. The van der Waals surface area contributed by atoms with Gasteiger partial charge in [0.25, 0.3) is 0 Å². The predicted molar refractivity (Wildman–Crippen MR) is 61.8 cm³/mol. The van der Waals surface area contributed by atoms with E-state index < -0.39 is 29.5 Å². The van der Waals surface area contributed by atoms with E-state index in [1.54, 1.807) is 20.8 Å². The van der Waals surface area contributed by atoms with Crippen LogP contribution in [0.4, 0.5) is 17.6 Å². The molecule has 2 nitrogen and oxygen atoms in total. The number of rotatable bonds is 4. The highest BCUT2D eigenvalue weighted by atomic mass is 19.3. The van der Waals surface area contributed by atoms with Gasteiger partial charge < -0.3 is 4.74 Å². The number of hydrogen-bond donors (Lipinski definition) is 0. The second-order valence-corrected chi connectivity index (χ2v) is 5.04. The molecule has 0 atom stereocenters. The van der Waals surface area contributed by atoms with Gasteiger partial charge in [0, 0.05) is 5.41 Å². The van der Waals surface area contributed by atoms with Gasteiger partial charge in [0.1, 0.15) is 5.75 Å². The van der Waals surface area contributed by atoms with E-state index in [1.165, 1.54) is 18.2 Å². The molecule has 0 heterocycles. The van der Waals surface area contributed by atoms with Crippen LogP contribution in [0.2, 0.25) is 0 Å². The Morgan fingerprint density at radius 3 is 2.16 bits per heavy atom. The van der Waals surface area contributed by atoms with Crippen molar-refractivity contribution >= 4 is 5.78 Å². The van der Waals surface area contributed by atoms with Crippen molar-refractivity contribution in [1.29, 1.82) is 0 Å². The second-order valence-electron chi connectivity index (χ2n) is 5.04. The zero-order valence-corrected chi connectivity index (χ0v) is 10.7. The minimum absolute atomic E-state index is 0.143. The summed E-state index contributed by atoms with van der Waals surface area (Å²) in [6.07, 6.45) is -8.60. The number of ether oxygens (including phenoxy) is 1. The maximum Gasteiger partial charge on any atom is 0.461 e. The number of carbonyl (C=O) groups excluding carboxylic acids is 1. The highest BCUT2D eigenvalue weighted by Gasteiger charge is 2.44. The molecule has 0 N–H and O–H groups in total. The van der Waals surface area contributed by atoms with E-state index in [0.717, 1.165) is 6.07 Å². The van der Waals surface area contributed by atoms with Gasteiger partial charge in [-0.2, -0.15) is 17.6 Å². The van der Waals surface area contributed by atoms with E-state index in [9.17, 15) is 22.4 Å². The van der Waals surface area contributed by atoms with Gasteiger partial charge >= 0.3 is 12.5 Å². The minimum atomic E-state index is -4.63. The fraction of sp³-hybridized carbons (Fsp3) is 0.462. The van der Waals surface area contributed by atoms with Gasteiger partial charge in [-0.1, -0.05) is 32.9 Å². The van der Waals surface area contributed by atoms with Gasteiger partial charge in [-0.25, -0.2) is 0 Å². The SMILES string of the molecule is CC(C)(C)C(=O)c1ccccc1OC(F)(F)C(F)F. The summed E-state index contributed by atoms with van der Waals surface area (Å²) in [7, 11) is 0. The lowest BCUT2D eigenvalue weighted by Gasteiger charge is -2.22. The van der Waals surface area contributed by atoms with Crippen LogP contribution in [0, 0.1) is 5.41 Å². The Kier molecular flexibility index (Phi) is 4.22. The van der Waals surface area contributed by atoms with E-state index in [2.05, 4.69) is 4.74 Å². The van der Waals surface area contributed by atoms with Crippen molar-refractivity contribution in [3.05, 3.63) is 29.8 Å². The van der Waals surface area contributed by atoms with Crippen molar-refractivity contribution in [2.75, 3.05) is 0 Å². The molecule has 0 radical (unpaired) electrons. The van der Waals surface area contributed by atoms with Gasteiger partial charge in [-0.3, -0.25) is 4.79 Å². The maximum atomic E-state index is 12.9. The molecule has 0 fully saturated rings. The Morgan fingerprint density at radius 1 is 1.16 bits per heavy atom. The number of halogens is 4. The fourth-order valence-corrected chi connectivity index (χ4v) is 1.34. The highest BCUT2D eigenvalue weighted by molar-refractivity contribution is 6.02. The molecule has 0 saturated heterocycles. The summed E-state index contributed by atoms with van der Waals surface area (Å²) in [6.45, 7) is 4.78. The molecule has 1 rings (SSSR count). The average Bonchev–Trinajstić information content (AvgIpc) is 2.27. The third-order valence-electron chi connectivity index (χ3n) is 2.31. The van der Waals surface area contributed by atoms with Crippen molar-refractivity contribution in [2.45, 2.75) is 33.3 Å². The first-order valence-electron chi connectivity index (χ1n) is 5.54. The molecular formula is C13H14F4O2. The van der Waals surface area contributed by atoms with Crippen LogP contribution in [0.15, 0.2) is 24.3 Å². The number of para-hydroxylation sites is 1. The zero-order chi connectivity index (χ0) is 14.8. The van der Waals surface area contributed by atoms with Crippen molar-refractivity contribution in [2.24, 2.45) is 5.41 Å². The summed E-state index contributed by atoms with van der Waals surface area (Å²) in [5.74, 6) is -1.01. The lowest BCUT2D eigenvalue weighted by molar-refractivity contribution is -0.253. The Morgan fingerprint density at radius 2 is 1.68 bits per heavy atom. The van der Waals surface area contributed by atoms with Crippen LogP contribution in [-0.4, -0.2) is 18.3 Å². The van der Waals surface area contributed by atoms with Crippen molar-refractivity contribution in [1.82, 2.24) is 0 Å². The Balaban J connectivity index is 3.14. The molecule has 0 spiro atoms. The van der Waals surface area contributed by atoms with Crippen LogP contribution in [0.25, 0.3) is 0 Å². The number of ketones is 1. The third-order valence-corrected chi connectivity index (χ3v) is 2.31. The molecule has 1 aromatic carbocycles. The normalized spacial score (nSPS) is 12.6. The summed E-state index contributed by atoms with van der Waals surface area (Å²) in [6, 6.07) is 5.11. The minimum Gasteiger partial charge on any atom is -0.428 e. The summed E-state index contributed by atoms with van der Waals surface area (Å²) in [5, 5.41) is 0. The fourth-order valence-electron chi connectivity index (χ4n) is 1.34. The van der Waals surface area contributed by atoms with E-state index in [-0.39, 0.29) is 5.56 Å². The summed E-state index contributed by atoms with van der Waals surface area (Å²) in [4.78, 5) is 12.0. The Hall–Kier alpha value is -1.59. The quantitative estimate of drug-likeness (QED) is 0.611. The highest BCUT2D eigenvalue weighted by Crippen LogP contribution is 2.32. The van der Waals surface area contributed by atoms with Crippen molar-refractivity contribution < 1.29 is 27.1 Å². The second kappa shape index (κ2) is 5.19. The van der Waals surface area contributed by atoms with Crippen molar-refractivity contribution in [3.8, 4) is 5.75 Å². The molecule has 19 heavy (non-hydrogen) atoms. The van der Waals surface area contributed by atoms with Gasteiger partial charge in [-0.15, -0.1) is 0 Å². The van der Waals surface area contributed by atoms with Crippen LogP contribution in [0.5, 0.6) is 5.75 Å². The summed E-state index contributed by atoms with van der Waals surface area (Å²) >= 11 is 0. The molecule has 0 amide bonds. The van der Waals surface area contributed by atoms with E-state index in [1.807, 2.05) is 0 Å². The molecule has 0 unspecified atom stereocenters. The molecule has 6 heteroatoms. The third kappa shape index (κ3) is 3.68. The van der Waals surface area contributed by atoms with Gasteiger partial charge in [0.15, 0.2) is 5.78 Å². The Labute approximate surface area is 108 Å². The standard InChI is InChI=1S/C13H14F4O2/c1-12(2,3)10(18)8-6-4-5-7-9(8)19-13(16,17)11(14)15/h4-7,11H,1-3H3. The average molecular weight is 278 g/mol. The summed E-state index contributed by atoms with van der Waals surface area (Å²) in [5.41, 5.74) is -0.977. The van der Waals surface area contributed by atoms with Crippen LogP contribution >= 0.6 is 0 Å². The molecule has 0 aliphatic rings. The van der Waals surface area contributed by atoms with Crippen LogP contribution in [0.3, 0.4) is 0 Å². The number of Topliss-reactive ketones (excluding diaryl/α,β-unsaturated/α-hetero) is 1. The lowest BCUT2D eigenvalue weighted by Crippen LogP contribution is -2.34. The first-order chi connectivity index (χ1) is 8.55. The molecule has 0 aliphatic carbocycles. The molecule has 0 aromatic heterocycles. The molecule has 0 bridgehead atoms. The summed E-state index contributed by atoms with van der Waals surface area (Å²) < 4.78 is 54.0. The van der Waals surface area contributed by atoms with Crippen LogP contribution < -0.4 is 4.74 Å². The smallest absolute Gasteiger partial charge is 0.428 e. The molecule has 1 aromatic rings. The lowest BCUT2D eigenvalue weighted by atomic mass is 9.86. The monoisotopic (exact) mass is 278 g/mol. The van der Waals surface area contributed by atoms with Crippen LogP contribution in [-0.2, 0) is 0 Å². The maximum absolute atomic E-state index is 12.9. The Bertz CT molecular complexity index is 464. The first-order valence-corrected chi connectivity index (χ1v) is 5.54. The molecular weight excluding hydrogens is 264 g/mol. The van der Waals surface area contributed by atoms with E-state index in [4.69, 9.17) is 0 Å². The zero-order valence-electron chi connectivity index (χ0n) is 10.7. The molecule has 0 saturated carbocycles. The van der Waals surface area contributed by atoms with E-state index >= 15 is 0 Å². The largest absolute Gasteiger partial charge is 0.461 e. The van der Waals surface area contributed by atoms with E-state index in [0.29, 0.717) is 0 Å². The predicted octanol–water partition coefficient (Wildman–Crippen LogP) is 4.15. The first kappa shape index (κ1) is 15.5. The molecule has 106 valence electrons. The van der Waals surface area contributed by atoms with Crippen molar-refractivity contribution in [3.63, 3.8) is 0 Å². The van der Waals surface area contributed by atoms with Crippen LogP contribution in [0.1, 0.15) is 31.1 Å². The number of benzene rings is 1. The number of hydrogen-bond acceptors (Lipinski definition) is 2. The van der Waals surface area contributed by atoms with Gasteiger partial charge in [-0.05, 0) is 12.1 Å². The van der Waals surface area contributed by atoms with Gasteiger partial charge in [0.2, 0.25) is 0 Å². The molecule has 0 aliphatic heterocycles. The van der Waals surface area contributed by atoms with Gasteiger partial charge in [0.05, 0.1) is 5.56 Å².